The van der Waals surface area contributed by atoms with Crippen molar-refractivity contribution in [2.45, 2.75) is 26.7 Å². The van der Waals surface area contributed by atoms with Crippen LogP contribution in [0.3, 0.4) is 0 Å². The van der Waals surface area contributed by atoms with Gasteiger partial charge in [0.2, 0.25) is 0 Å². The SMILES string of the molecule is CCN=C(CCc1c(NC(=O)c2cc(NC(=O)c3ccc(/C=C/c4cnc5ccccc5c4)cc3)cn2C)cn(C)c1C(N)=O)NCC. The number of primary amides is 1. The molecule has 5 aromatic rings. The number of hydrogen-bond acceptors (Lipinski definition) is 5. The smallest absolute Gasteiger partial charge is 0.272 e. The van der Waals surface area contributed by atoms with E-state index in [-0.39, 0.29) is 5.91 Å². The first-order chi connectivity index (χ1) is 23.2. The molecule has 0 bridgehead atoms. The van der Waals surface area contributed by atoms with Crippen LogP contribution in [0.2, 0.25) is 0 Å². The molecule has 5 rings (SSSR count). The van der Waals surface area contributed by atoms with Gasteiger partial charge in [0.25, 0.3) is 17.7 Å². The van der Waals surface area contributed by atoms with Crippen LogP contribution >= 0.6 is 0 Å². The van der Waals surface area contributed by atoms with Gasteiger partial charge in [0.15, 0.2) is 0 Å². The van der Waals surface area contributed by atoms with Gasteiger partial charge in [-0.2, -0.15) is 0 Å². The van der Waals surface area contributed by atoms with Crippen molar-refractivity contribution >= 4 is 58.0 Å². The highest BCUT2D eigenvalue weighted by Gasteiger charge is 2.22. The molecule has 0 aliphatic carbocycles. The van der Waals surface area contributed by atoms with E-state index >= 15 is 0 Å². The number of rotatable bonds is 12. The summed E-state index contributed by atoms with van der Waals surface area (Å²) >= 11 is 0. The molecule has 0 radical (unpaired) electrons. The van der Waals surface area contributed by atoms with Crippen LogP contribution in [0.1, 0.15) is 68.3 Å². The first-order valence-electron chi connectivity index (χ1n) is 15.8. The Hall–Kier alpha value is -5.97. The number of nitrogens with one attached hydrogen (secondary N) is 3. The molecule has 3 aromatic heterocycles. The maximum atomic E-state index is 13.4. The Morgan fingerprint density at radius 1 is 0.896 bits per heavy atom. The predicted molar refractivity (Wildman–Crippen MR) is 192 cm³/mol. The highest BCUT2D eigenvalue weighted by Crippen LogP contribution is 2.25. The van der Waals surface area contributed by atoms with Gasteiger partial charge < -0.3 is 30.8 Å². The van der Waals surface area contributed by atoms with Crippen molar-refractivity contribution in [2.24, 2.45) is 24.8 Å². The normalized spacial score (nSPS) is 11.6. The molecule has 0 saturated heterocycles. The molecule has 2 aromatic carbocycles. The number of benzene rings is 2. The van der Waals surface area contributed by atoms with E-state index in [0.717, 1.165) is 34.4 Å². The third-order valence-electron chi connectivity index (χ3n) is 7.86. The zero-order chi connectivity index (χ0) is 34.2. The van der Waals surface area contributed by atoms with Gasteiger partial charge in [-0.15, -0.1) is 0 Å². The second-order valence-corrected chi connectivity index (χ2v) is 11.3. The lowest BCUT2D eigenvalue weighted by molar-refractivity contribution is 0.0987. The average Bonchev–Trinajstić information content (AvgIpc) is 3.60. The van der Waals surface area contributed by atoms with Gasteiger partial charge in [-0.25, -0.2) is 0 Å². The molecule has 0 atom stereocenters. The van der Waals surface area contributed by atoms with Crippen LogP contribution in [-0.2, 0) is 20.5 Å². The average molecular weight is 645 g/mol. The zero-order valence-electron chi connectivity index (χ0n) is 27.6. The molecule has 48 heavy (non-hydrogen) atoms. The number of hydrogen-bond donors (Lipinski definition) is 4. The van der Waals surface area contributed by atoms with Gasteiger partial charge in [0.05, 0.1) is 22.7 Å². The number of carbonyl (C=O) groups excluding carboxylic acids is 3. The second kappa shape index (κ2) is 15.1. The fourth-order valence-electron chi connectivity index (χ4n) is 5.59. The molecular weight excluding hydrogens is 604 g/mol. The third-order valence-corrected chi connectivity index (χ3v) is 7.86. The molecule has 246 valence electrons. The van der Waals surface area contributed by atoms with Crippen LogP contribution in [0.15, 0.2) is 84.2 Å². The summed E-state index contributed by atoms with van der Waals surface area (Å²) in [5.41, 5.74) is 11.3. The van der Waals surface area contributed by atoms with Crippen LogP contribution in [0, 0.1) is 0 Å². The highest BCUT2D eigenvalue weighted by molar-refractivity contribution is 6.08. The number of carbonyl (C=O) groups is 3. The van der Waals surface area contributed by atoms with Crippen LogP contribution in [0.4, 0.5) is 11.4 Å². The Labute approximate surface area is 279 Å². The second-order valence-electron chi connectivity index (χ2n) is 11.3. The largest absolute Gasteiger partial charge is 0.374 e. The minimum Gasteiger partial charge on any atom is -0.374 e. The summed E-state index contributed by atoms with van der Waals surface area (Å²) in [6.45, 7) is 5.30. The number of anilines is 2. The van der Waals surface area contributed by atoms with Gasteiger partial charge in [-0.1, -0.05) is 42.5 Å². The Morgan fingerprint density at radius 3 is 2.38 bits per heavy atom. The molecule has 11 nitrogen and oxygen atoms in total. The van der Waals surface area contributed by atoms with E-state index < -0.39 is 11.8 Å². The lowest BCUT2D eigenvalue weighted by atomic mass is 10.1. The molecule has 0 aliphatic rings. The Bertz CT molecular complexity index is 2020. The molecule has 3 heterocycles. The van der Waals surface area contributed by atoms with Crippen molar-refractivity contribution in [3.63, 3.8) is 0 Å². The lowest BCUT2D eigenvalue weighted by Gasteiger charge is -2.11. The van der Waals surface area contributed by atoms with Crippen molar-refractivity contribution in [1.29, 1.82) is 0 Å². The summed E-state index contributed by atoms with van der Waals surface area (Å²) in [6, 6.07) is 18.9. The topological polar surface area (TPSA) is 148 Å². The van der Waals surface area contributed by atoms with E-state index in [1.54, 1.807) is 53.8 Å². The van der Waals surface area contributed by atoms with Crippen molar-refractivity contribution in [3.8, 4) is 0 Å². The van der Waals surface area contributed by atoms with Gasteiger partial charge in [0.1, 0.15) is 11.4 Å². The predicted octanol–water partition coefficient (Wildman–Crippen LogP) is 5.65. The molecule has 0 aliphatic heterocycles. The number of nitrogens with zero attached hydrogens (tertiary/aromatic N) is 4. The monoisotopic (exact) mass is 644 g/mol. The van der Waals surface area contributed by atoms with E-state index in [1.807, 2.05) is 68.6 Å². The van der Waals surface area contributed by atoms with Crippen molar-refractivity contribution < 1.29 is 14.4 Å². The van der Waals surface area contributed by atoms with Crippen molar-refractivity contribution in [1.82, 2.24) is 19.4 Å². The van der Waals surface area contributed by atoms with Crippen LogP contribution in [0.5, 0.6) is 0 Å². The molecule has 3 amide bonds. The van der Waals surface area contributed by atoms with Gasteiger partial charge >= 0.3 is 0 Å². The van der Waals surface area contributed by atoms with E-state index in [4.69, 9.17) is 5.73 Å². The molecule has 0 spiro atoms. The number of aliphatic imine (C=N–C) groups is 1. The van der Waals surface area contributed by atoms with Gasteiger partial charge in [-0.05, 0) is 61.7 Å². The number of aryl methyl sites for hydroxylation is 2. The maximum absolute atomic E-state index is 13.4. The minimum atomic E-state index is -0.583. The lowest BCUT2D eigenvalue weighted by Crippen LogP contribution is -2.25. The summed E-state index contributed by atoms with van der Waals surface area (Å²) in [7, 11) is 3.44. The molecule has 0 fully saturated rings. The number of amides is 3. The number of pyridine rings is 1. The Kier molecular flexibility index (Phi) is 10.5. The fourth-order valence-corrected chi connectivity index (χ4v) is 5.59. The first-order valence-corrected chi connectivity index (χ1v) is 15.8. The summed E-state index contributed by atoms with van der Waals surface area (Å²) < 4.78 is 3.25. The first kappa shape index (κ1) is 33.4. The standard InChI is InChI=1S/C37H40N8O3/c1-5-39-33(40-6-2)18-17-29-31(23-45(4)34(29)35(38)46)43-37(48)32-20-28(22-44(32)3)42-36(47)26-15-13-24(14-16-26)11-12-25-19-27-9-7-8-10-30(27)41-21-25/h7-16,19-23H,5-6,17-18H2,1-4H3,(H2,38,46)(H,39,40)(H,42,47)(H,43,48)/b12-11+. The summed E-state index contributed by atoms with van der Waals surface area (Å²) in [5.74, 6) is -0.458. The quantitative estimate of drug-likeness (QED) is 0.102. The van der Waals surface area contributed by atoms with Gasteiger partial charge in [-0.3, -0.25) is 24.4 Å². The van der Waals surface area contributed by atoms with Crippen LogP contribution in [0.25, 0.3) is 23.1 Å². The van der Waals surface area contributed by atoms with E-state index in [9.17, 15) is 14.4 Å². The van der Waals surface area contributed by atoms with Crippen molar-refractivity contribution in [2.75, 3.05) is 23.7 Å². The van der Waals surface area contributed by atoms with E-state index in [1.165, 1.54) is 0 Å². The van der Waals surface area contributed by atoms with Crippen LogP contribution < -0.4 is 21.7 Å². The number of amidine groups is 1. The fraction of sp³-hybridized carbons (Fsp3) is 0.216. The molecule has 5 N–H and O–H groups in total. The Balaban J connectivity index is 1.25. The number of fused-ring (bicyclic) bond motifs is 1. The molecular formula is C37H40N8O3. The maximum Gasteiger partial charge on any atom is 0.272 e. The summed E-state index contributed by atoms with van der Waals surface area (Å²) in [4.78, 5) is 47.8. The summed E-state index contributed by atoms with van der Waals surface area (Å²) in [5, 5.41) is 10.1. The number of para-hydroxylation sites is 1. The van der Waals surface area contributed by atoms with E-state index in [0.29, 0.717) is 53.3 Å². The summed E-state index contributed by atoms with van der Waals surface area (Å²) in [6.07, 6.45) is 10.1. The zero-order valence-corrected chi connectivity index (χ0v) is 27.6. The minimum absolute atomic E-state index is 0.302. The van der Waals surface area contributed by atoms with Crippen LogP contribution in [-0.4, -0.2) is 50.8 Å². The molecule has 11 heteroatoms. The Morgan fingerprint density at radius 2 is 1.65 bits per heavy atom. The molecule has 0 saturated carbocycles. The van der Waals surface area contributed by atoms with Crippen molar-refractivity contribution in [3.05, 3.63) is 113 Å². The highest BCUT2D eigenvalue weighted by atomic mass is 16.2. The number of nitrogens with two attached hydrogens (primary N) is 1. The van der Waals surface area contributed by atoms with E-state index in [2.05, 4.69) is 32.0 Å². The molecule has 0 unspecified atom stereocenters. The third kappa shape index (κ3) is 7.87. The van der Waals surface area contributed by atoms with Gasteiger partial charge in [0, 0.05) is 68.7 Å². The number of aromatic nitrogens is 3.